The van der Waals surface area contributed by atoms with Crippen LogP contribution in [0.1, 0.15) is 213 Å². The number of ether oxygens (including phenoxy) is 3. The van der Waals surface area contributed by atoms with Gasteiger partial charge in [-0.05, 0) is 70.6 Å². The van der Waals surface area contributed by atoms with E-state index < -0.39 is 6.10 Å². The SMILES string of the molecule is CC/C=C\C/C=C\C/C=C\C/C=C\C/C=C\CC(=O)OCC(COCCCCCCCC/C=C\CCCCCC)OC(=O)CCCCCCCCCCCCC. The summed E-state index contributed by atoms with van der Waals surface area (Å²) in [6.07, 6.45) is 59.2. The van der Waals surface area contributed by atoms with Crippen LogP contribution in [0.3, 0.4) is 0 Å². The van der Waals surface area contributed by atoms with E-state index in [0.717, 1.165) is 57.8 Å². The Kier molecular flexibility index (Phi) is 44.5. The van der Waals surface area contributed by atoms with Crippen LogP contribution in [0.2, 0.25) is 0 Å². The molecule has 0 fully saturated rings. The van der Waals surface area contributed by atoms with Crippen molar-refractivity contribution in [3.63, 3.8) is 0 Å². The average Bonchev–Trinajstić information content (AvgIpc) is 3.20. The van der Waals surface area contributed by atoms with Crippen molar-refractivity contribution >= 4 is 11.9 Å². The van der Waals surface area contributed by atoms with Crippen molar-refractivity contribution in [3.05, 3.63) is 72.9 Å². The standard InChI is InChI=1S/C51H88O5/c1-4-7-10-13-16-19-22-24-26-27-30-32-35-38-41-44-50(52)55-48-49(56-51(53)45-42-39-36-33-29-21-18-15-12-9-6-3)47-54-46-43-40-37-34-31-28-25-23-20-17-14-11-8-5-2/h7,10,16,19-20,23-24,26,30,32,38,41,49H,4-6,8-9,11-15,17-18,21-22,25,27-29,31,33-37,39-40,42-48H2,1-3H3/b10-7-,19-16-,23-20-,26-24-,32-30-,41-38-. The average molecular weight is 781 g/mol. The molecule has 0 aromatic carbocycles. The van der Waals surface area contributed by atoms with Crippen LogP contribution >= 0.6 is 0 Å². The first-order valence-electron chi connectivity index (χ1n) is 23.5. The topological polar surface area (TPSA) is 61.8 Å². The summed E-state index contributed by atoms with van der Waals surface area (Å²) in [4.78, 5) is 25.2. The van der Waals surface area contributed by atoms with Crippen LogP contribution in [0, 0.1) is 0 Å². The molecule has 0 aromatic heterocycles. The lowest BCUT2D eigenvalue weighted by atomic mass is 10.1. The van der Waals surface area contributed by atoms with Crippen LogP contribution < -0.4 is 0 Å². The van der Waals surface area contributed by atoms with Crippen LogP contribution in [-0.2, 0) is 23.8 Å². The second-order valence-corrected chi connectivity index (χ2v) is 15.3. The van der Waals surface area contributed by atoms with Gasteiger partial charge in [0, 0.05) is 13.0 Å². The highest BCUT2D eigenvalue weighted by Gasteiger charge is 2.17. The minimum Gasteiger partial charge on any atom is -0.461 e. The van der Waals surface area contributed by atoms with Gasteiger partial charge in [-0.25, -0.2) is 0 Å². The fourth-order valence-electron chi connectivity index (χ4n) is 6.28. The number of carbonyl (C=O) groups is 2. The smallest absolute Gasteiger partial charge is 0.309 e. The lowest BCUT2D eigenvalue weighted by Crippen LogP contribution is -2.30. The van der Waals surface area contributed by atoms with Crippen LogP contribution in [0.5, 0.6) is 0 Å². The van der Waals surface area contributed by atoms with E-state index in [9.17, 15) is 9.59 Å². The quantitative estimate of drug-likeness (QED) is 0.0351. The zero-order valence-corrected chi connectivity index (χ0v) is 36.9. The molecule has 1 atom stereocenters. The first-order chi connectivity index (χ1) is 27.6. The lowest BCUT2D eigenvalue weighted by molar-refractivity contribution is -0.162. The Morgan fingerprint density at radius 2 is 0.857 bits per heavy atom. The number of esters is 2. The van der Waals surface area contributed by atoms with Crippen molar-refractivity contribution in [1.29, 1.82) is 0 Å². The third-order valence-electron chi connectivity index (χ3n) is 9.76. The molecule has 0 saturated carbocycles. The summed E-state index contributed by atoms with van der Waals surface area (Å²) in [5, 5.41) is 0. The predicted molar refractivity (Wildman–Crippen MR) is 242 cm³/mol. The van der Waals surface area contributed by atoms with Crippen molar-refractivity contribution < 1.29 is 23.8 Å². The summed E-state index contributed by atoms with van der Waals surface area (Å²) >= 11 is 0. The van der Waals surface area contributed by atoms with Gasteiger partial charge in [-0.3, -0.25) is 9.59 Å². The molecule has 0 N–H and O–H groups in total. The monoisotopic (exact) mass is 781 g/mol. The first kappa shape index (κ1) is 53.3. The zero-order chi connectivity index (χ0) is 40.7. The number of unbranched alkanes of at least 4 members (excludes halogenated alkanes) is 20. The summed E-state index contributed by atoms with van der Waals surface area (Å²) in [7, 11) is 0. The molecule has 0 spiro atoms. The molecule has 0 aliphatic heterocycles. The van der Waals surface area contributed by atoms with Gasteiger partial charge >= 0.3 is 11.9 Å². The van der Waals surface area contributed by atoms with Gasteiger partial charge in [-0.15, -0.1) is 0 Å². The van der Waals surface area contributed by atoms with E-state index in [2.05, 4.69) is 81.5 Å². The van der Waals surface area contributed by atoms with E-state index in [0.29, 0.717) is 13.0 Å². The summed E-state index contributed by atoms with van der Waals surface area (Å²) in [6, 6.07) is 0. The number of hydrogen-bond acceptors (Lipinski definition) is 5. The van der Waals surface area contributed by atoms with Crippen molar-refractivity contribution in [2.24, 2.45) is 0 Å². The Hall–Kier alpha value is -2.66. The fraction of sp³-hybridized carbons (Fsp3) is 0.725. The van der Waals surface area contributed by atoms with Gasteiger partial charge in [-0.2, -0.15) is 0 Å². The molecule has 0 heterocycles. The van der Waals surface area contributed by atoms with Crippen LogP contribution in [0.4, 0.5) is 0 Å². The lowest BCUT2D eigenvalue weighted by Gasteiger charge is -2.18. The van der Waals surface area contributed by atoms with Crippen molar-refractivity contribution in [2.75, 3.05) is 19.8 Å². The molecule has 5 nitrogen and oxygen atoms in total. The molecule has 0 bridgehead atoms. The highest BCUT2D eigenvalue weighted by molar-refractivity contribution is 5.71. The minimum atomic E-state index is -0.577. The van der Waals surface area contributed by atoms with Gasteiger partial charge < -0.3 is 14.2 Å². The first-order valence-corrected chi connectivity index (χ1v) is 23.5. The molecule has 0 amide bonds. The summed E-state index contributed by atoms with van der Waals surface area (Å²) in [5.41, 5.74) is 0. The Balaban J connectivity index is 4.39. The molecule has 0 rings (SSSR count). The Bertz CT molecular complexity index is 1020. The Morgan fingerprint density at radius 3 is 1.38 bits per heavy atom. The molecule has 0 aromatic rings. The molecule has 0 aliphatic carbocycles. The second kappa shape index (κ2) is 46.7. The van der Waals surface area contributed by atoms with Gasteiger partial charge in [0.25, 0.3) is 0 Å². The third-order valence-corrected chi connectivity index (χ3v) is 9.76. The maximum atomic E-state index is 12.7. The van der Waals surface area contributed by atoms with Crippen molar-refractivity contribution in [1.82, 2.24) is 0 Å². The van der Waals surface area contributed by atoms with Crippen LogP contribution in [0.15, 0.2) is 72.9 Å². The molecule has 5 heteroatoms. The Labute approximate surface area is 347 Å². The summed E-state index contributed by atoms with van der Waals surface area (Å²) < 4.78 is 17.2. The van der Waals surface area contributed by atoms with E-state index in [-0.39, 0.29) is 31.6 Å². The largest absolute Gasteiger partial charge is 0.461 e. The zero-order valence-electron chi connectivity index (χ0n) is 36.9. The molecule has 322 valence electrons. The van der Waals surface area contributed by atoms with E-state index >= 15 is 0 Å². The third kappa shape index (κ3) is 44.1. The van der Waals surface area contributed by atoms with E-state index in [1.165, 1.54) is 122 Å². The number of rotatable bonds is 42. The van der Waals surface area contributed by atoms with Gasteiger partial charge in [0.15, 0.2) is 6.10 Å². The normalized spacial score (nSPS) is 12.8. The number of carbonyl (C=O) groups excluding carboxylic acids is 2. The number of allylic oxidation sites excluding steroid dienone is 11. The maximum absolute atomic E-state index is 12.7. The van der Waals surface area contributed by atoms with E-state index in [1.807, 2.05) is 12.2 Å². The molecule has 1 unspecified atom stereocenters. The number of hydrogen-bond donors (Lipinski definition) is 0. The van der Waals surface area contributed by atoms with Crippen LogP contribution in [-0.4, -0.2) is 37.9 Å². The molecule has 0 saturated heterocycles. The van der Waals surface area contributed by atoms with E-state index in [4.69, 9.17) is 14.2 Å². The molecule has 56 heavy (non-hydrogen) atoms. The van der Waals surface area contributed by atoms with Gasteiger partial charge in [0.2, 0.25) is 0 Å². The summed E-state index contributed by atoms with van der Waals surface area (Å²) in [5.74, 6) is -0.546. The maximum Gasteiger partial charge on any atom is 0.309 e. The minimum absolute atomic E-state index is 0.0285. The molecular weight excluding hydrogens is 693 g/mol. The summed E-state index contributed by atoms with van der Waals surface area (Å²) in [6.45, 7) is 7.58. The molecule has 0 aliphatic rings. The van der Waals surface area contributed by atoms with Crippen molar-refractivity contribution in [2.45, 2.75) is 219 Å². The van der Waals surface area contributed by atoms with Gasteiger partial charge in [0.1, 0.15) is 6.61 Å². The molecular formula is C51H88O5. The van der Waals surface area contributed by atoms with Gasteiger partial charge in [0.05, 0.1) is 13.0 Å². The fourth-order valence-corrected chi connectivity index (χ4v) is 6.28. The van der Waals surface area contributed by atoms with Crippen LogP contribution in [0.25, 0.3) is 0 Å². The predicted octanol–water partition coefficient (Wildman–Crippen LogP) is 15.6. The van der Waals surface area contributed by atoms with E-state index in [1.54, 1.807) is 0 Å². The highest BCUT2D eigenvalue weighted by atomic mass is 16.6. The highest BCUT2D eigenvalue weighted by Crippen LogP contribution is 2.13. The Morgan fingerprint density at radius 1 is 0.429 bits per heavy atom. The van der Waals surface area contributed by atoms with Gasteiger partial charge in [-0.1, -0.05) is 203 Å². The van der Waals surface area contributed by atoms with Crippen molar-refractivity contribution in [3.8, 4) is 0 Å². The second-order valence-electron chi connectivity index (χ2n) is 15.3. The molecule has 0 radical (unpaired) electrons.